The van der Waals surface area contributed by atoms with E-state index in [-0.39, 0.29) is 13.2 Å². The molecule has 0 aromatic heterocycles. The average Bonchev–Trinajstić information content (AvgIpc) is 2.28. The molecule has 17 heavy (non-hydrogen) atoms. The quantitative estimate of drug-likeness (QED) is 0.577. The van der Waals surface area contributed by atoms with Crippen LogP contribution < -0.4 is 0 Å². The smallest absolute Gasteiger partial charge is 0.313 e. The molecule has 0 heterocycles. The Kier molecular flexibility index (Phi) is 4.94. The number of carbonyl (C=O) groups is 2. The minimum atomic E-state index is -0.480. The highest BCUT2D eigenvalue weighted by Crippen LogP contribution is 2.07. The molecule has 1 aromatic rings. The third kappa shape index (κ3) is 4.97. The van der Waals surface area contributed by atoms with Crippen LogP contribution in [0.1, 0.15) is 18.1 Å². The summed E-state index contributed by atoms with van der Waals surface area (Å²) in [5.41, 5.74) is 1.77. The molecule has 0 bridgehead atoms. The fraction of sp³-hybridized carbons (Fsp3) is 0.231. The van der Waals surface area contributed by atoms with Crippen molar-refractivity contribution in [2.75, 3.05) is 6.79 Å². The van der Waals surface area contributed by atoms with Crippen LogP contribution in [0.2, 0.25) is 0 Å². The van der Waals surface area contributed by atoms with Crippen LogP contribution in [0.5, 0.6) is 0 Å². The number of hydrogen-bond acceptors (Lipinski definition) is 4. The summed E-state index contributed by atoms with van der Waals surface area (Å²) >= 11 is 0. The summed E-state index contributed by atoms with van der Waals surface area (Å²) in [6.45, 7) is 4.56. The van der Waals surface area contributed by atoms with Crippen molar-refractivity contribution in [2.24, 2.45) is 0 Å². The standard InChI is InChI=1S/C13H14O4/c1-3-11-5-4-6-12(7-11)8-13(15)17-9-16-10(2)14/h3-7H,1,8-9H2,2H3. The van der Waals surface area contributed by atoms with Gasteiger partial charge in [-0.3, -0.25) is 9.59 Å². The van der Waals surface area contributed by atoms with Crippen LogP contribution in [0, 0.1) is 0 Å². The van der Waals surface area contributed by atoms with Gasteiger partial charge in [0.15, 0.2) is 0 Å². The molecule has 0 aliphatic heterocycles. The number of hydrogen-bond donors (Lipinski definition) is 0. The topological polar surface area (TPSA) is 52.6 Å². The molecule has 4 nitrogen and oxygen atoms in total. The van der Waals surface area contributed by atoms with E-state index in [0.717, 1.165) is 11.1 Å². The van der Waals surface area contributed by atoms with Gasteiger partial charge in [-0.05, 0) is 11.1 Å². The molecule has 0 saturated carbocycles. The van der Waals surface area contributed by atoms with Gasteiger partial charge in [0.05, 0.1) is 6.42 Å². The number of carbonyl (C=O) groups excluding carboxylic acids is 2. The monoisotopic (exact) mass is 234 g/mol. The number of esters is 2. The van der Waals surface area contributed by atoms with Crippen LogP contribution >= 0.6 is 0 Å². The predicted octanol–water partition coefficient (Wildman–Crippen LogP) is 1.94. The summed E-state index contributed by atoms with van der Waals surface area (Å²) in [5.74, 6) is -0.918. The maximum atomic E-state index is 11.4. The van der Waals surface area contributed by atoms with Gasteiger partial charge in [0.2, 0.25) is 6.79 Å². The van der Waals surface area contributed by atoms with Crippen LogP contribution in [0.4, 0.5) is 0 Å². The van der Waals surface area contributed by atoms with E-state index in [4.69, 9.17) is 4.74 Å². The Morgan fingerprint density at radius 2 is 2.12 bits per heavy atom. The lowest BCUT2D eigenvalue weighted by molar-refractivity contribution is -0.165. The Balaban J connectivity index is 2.44. The Hall–Kier alpha value is -2.10. The highest BCUT2D eigenvalue weighted by Gasteiger charge is 2.05. The SMILES string of the molecule is C=Cc1cccc(CC(=O)OCOC(C)=O)c1. The molecule has 0 aliphatic rings. The highest BCUT2D eigenvalue weighted by molar-refractivity contribution is 5.73. The van der Waals surface area contributed by atoms with Crippen molar-refractivity contribution >= 4 is 18.0 Å². The summed E-state index contributed by atoms with van der Waals surface area (Å²) < 4.78 is 9.22. The van der Waals surface area contributed by atoms with E-state index in [1.54, 1.807) is 6.08 Å². The lowest BCUT2D eigenvalue weighted by Gasteiger charge is -2.05. The molecule has 0 radical (unpaired) electrons. The van der Waals surface area contributed by atoms with Crippen molar-refractivity contribution in [2.45, 2.75) is 13.3 Å². The third-order valence-electron chi connectivity index (χ3n) is 2.02. The van der Waals surface area contributed by atoms with Crippen molar-refractivity contribution in [3.05, 3.63) is 42.0 Å². The van der Waals surface area contributed by atoms with Gasteiger partial charge in [0.25, 0.3) is 0 Å². The van der Waals surface area contributed by atoms with Crippen LogP contribution in [-0.4, -0.2) is 18.7 Å². The molecule has 0 spiro atoms. The minimum absolute atomic E-state index is 0.142. The summed E-state index contributed by atoms with van der Waals surface area (Å²) in [6, 6.07) is 7.40. The Labute approximate surface area is 99.8 Å². The Morgan fingerprint density at radius 3 is 2.76 bits per heavy atom. The van der Waals surface area contributed by atoms with E-state index >= 15 is 0 Å². The van der Waals surface area contributed by atoms with E-state index in [1.807, 2.05) is 24.3 Å². The molecule has 90 valence electrons. The van der Waals surface area contributed by atoms with Gasteiger partial charge < -0.3 is 9.47 Å². The number of benzene rings is 1. The first-order valence-corrected chi connectivity index (χ1v) is 5.12. The first kappa shape index (κ1) is 13.0. The third-order valence-corrected chi connectivity index (χ3v) is 2.02. The predicted molar refractivity (Wildman–Crippen MR) is 63.0 cm³/mol. The second-order valence-electron chi connectivity index (χ2n) is 3.40. The van der Waals surface area contributed by atoms with Crippen LogP contribution in [0.15, 0.2) is 30.8 Å². The molecule has 0 N–H and O–H groups in total. The second-order valence-corrected chi connectivity index (χ2v) is 3.40. The van der Waals surface area contributed by atoms with E-state index in [9.17, 15) is 9.59 Å². The lowest BCUT2D eigenvalue weighted by atomic mass is 10.1. The largest absolute Gasteiger partial charge is 0.428 e. The first-order valence-electron chi connectivity index (χ1n) is 5.12. The molecule has 1 aromatic carbocycles. The van der Waals surface area contributed by atoms with E-state index in [0.29, 0.717) is 0 Å². The molecule has 0 amide bonds. The highest BCUT2D eigenvalue weighted by atomic mass is 16.7. The van der Waals surface area contributed by atoms with Crippen molar-refractivity contribution in [1.29, 1.82) is 0 Å². The average molecular weight is 234 g/mol. The van der Waals surface area contributed by atoms with E-state index in [2.05, 4.69) is 11.3 Å². The fourth-order valence-corrected chi connectivity index (χ4v) is 1.23. The van der Waals surface area contributed by atoms with Crippen LogP contribution in [0.3, 0.4) is 0 Å². The van der Waals surface area contributed by atoms with Crippen molar-refractivity contribution in [1.82, 2.24) is 0 Å². The minimum Gasteiger partial charge on any atom is -0.428 e. The zero-order valence-electron chi connectivity index (χ0n) is 9.64. The van der Waals surface area contributed by atoms with E-state index < -0.39 is 11.9 Å². The fourth-order valence-electron chi connectivity index (χ4n) is 1.23. The second kappa shape index (κ2) is 6.48. The van der Waals surface area contributed by atoms with Gasteiger partial charge in [-0.25, -0.2) is 0 Å². The molecule has 1 rings (SSSR count). The molecule has 0 aliphatic carbocycles. The number of rotatable bonds is 5. The van der Waals surface area contributed by atoms with Crippen molar-refractivity contribution in [3.63, 3.8) is 0 Å². The van der Waals surface area contributed by atoms with E-state index in [1.165, 1.54) is 6.92 Å². The number of ether oxygens (including phenoxy) is 2. The normalized spacial score (nSPS) is 9.47. The van der Waals surface area contributed by atoms with Crippen LogP contribution in [0.25, 0.3) is 6.08 Å². The summed E-state index contributed by atoms with van der Waals surface area (Å²) in [7, 11) is 0. The Morgan fingerprint density at radius 1 is 1.35 bits per heavy atom. The molecule has 0 unspecified atom stereocenters. The maximum Gasteiger partial charge on any atom is 0.313 e. The summed E-state index contributed by atoms with van der Waals surface area (Å²) in [6.07, 6.45) is 1.84. The lowest BCUT2D eigenvalue weighted by Crippen LogP contribution is -2.12. The van der Waals surface area contributed by atoms with Gasteiger partial charge in [-0.2, -0.15) is 0 Å². The molecular weight excluding hydrogens is 220 g/mol. The molecule has 0 fully saturated rings. The van der Waals surface area contributed by atoms with Gasteiger partial charge in [-0.1, -0.05) is 36.9 Å². The van der Waals surface area contributed by atoms with Gasteiger partial charge in [0.1, 0.15) is 0 Å². The van der Waals surface area contributed by atoms with Crippen LogP contribution in [-0.2, 0) is 25.5 Å². The Bertz CT molecular complexity index is 423. The first-order chi connectivity index (χ1) is 8.11. The molecule has 4 heteroatoms. The zero-order chi connectivity index (χ0) is 12.7. The summed E-state index contributed by atoms with van der Waals surface area (Å²) in [5, 5.41) is 0. The van der Waals surface area contributed by atoms with Gasteiger partial charge in [0, 0.05) is 6.92 Å². The van der Waals surface area contributed by atoms with Crippen molar-refractivity contribution < 1.29 is 19.1 Å². The molecule has 0 atom stereocenters. The van der Waals surface area contributed by atoms with Gasteiger partial charge >= 0.3 is 11.9 Å². The summed E-state index contributed by atoms with van der Waals surface area (Å²) in [4.78, 5) is 21.8. The maximum absolute atomic E-state index is 11.4. The molecule has 0 saturated heterocycles. The van der Waals surface area contributed by atoms with Gasteiger partial charge in [-0.15, -0.1) is 0 Å². The zero-order valence-corrected chi connectivity index (χ0v) is 9.64. The molecular formula is C13H14O4. The van der Waals surface area contributed by atoms with Crippen molar-refractivity contribution in [3.8, 4) is 0 Å².